The molecular formula is C31H41N3OS. The van der Waals surface area contributed by atoms with E-state index in [1.54, 1.807) is 11.8 Å². The Balaban J connectivity index is 1.57. The van der Waals surface area contributed by atoms with Crippen LogP contribution in [-0.4, -0.2) is 47.2 Å². The maximum Gasteiger partial charge on any atom is 0.202 e. The van der Waals surface area contributed by atoms with E-state index in [0.29, 0.717) is 29.9 Å². The molecule has 2 aliphatic heterocycles. The molecule has 1 N–H and O–H groups in total. The van der Waals surface area contributed by atoms with Crippen LogP contribution in [0.2, 0.25) is 0 Å². The Morgan fingerprint density at radius 3 is 2.94 bits per heavy atom. The summed E-state index contributed by atoms with van der Waals surface area (Å²) in [7, 11) is 2.12. The number of nitrogens with one attached hydrogen (secondary N) is 1. The maximum absolute atomic E-state index is 13.1. The van der Waals surface area contributed by atoms with Gasteiger partial charge in [0.1, 0.15) is 0 Å². The van der Waals surface area contributed by atoms with Crippen molar-refractivity contribution in [2.45, 2.75) is 71.0 Å². The lowest BCUT2D eigenvalue weighted by atomic mass is 9.90. The second-order valence-corrected chi connectivity index (χ2v) is 11.2. The van der Waals surface area contributed by atoms with E-state index in [2.05, 4.69) is 79.9 Å². The minimum atomic E-state index is -0.109. The molecule has 1 aliphatic carbocycles. The molecule has 0 aromatic carbocycles. The van der Waals surface area contributed by atoms with Gasteiger partial charge in [-0.15, -0.1) is 11.8 Å². The number of ketones is 1. The molecule has 36 heavy (non-hydrogen) atoms. The molecule has 0 fully saturated rings. The van der Waals surface area contributed by atoms with Crippen LogP contribution in [0.5, 0.6) is 0 Å². The number of thioether (sulfide) groups is 1. The summed E-state index contributed by atoms with van der Waals surface area (Å²) in [4.78, 5) is 19.7. The van der Waals surface area contributed by atoms with Crippen LogP contribution in [0.25, 0.3) is 0 Å². The van der Waals surface area contributed by atoms with Crippen LogP contribution >= 0.6 is 11.8 Å². The molecule has 3 aliphatic rings. The summed E-state index contributed by atoms with van der Waals surface area (Å²) in [6, 6.07) is 0. The van der Waals surface area contributed by atoms with Crippen molar-refractivity contribution in [3.8, 4) is 11.8 Å². The highest BCUT2D eigenvalue weighted by Gasteiger charge is 2.25. The van der Waals surface area contributed by atoms with Crippen LogP contribution < -0.4 is 0 Å². The molecule has 0 radical (unpaired) electrons. The molecule has 192 valence electrons. The number of aliphatic imine (C=N–C) groups is 1. The van der Waals surface area contributed by atoms with Crippen LogP contribution in [0.1, 0.15) is 65.7 Å². The number of rotatable bonds is 10. The summed E-state index contributed by atoms with van der Waals surface area (Å²) in [5.74, 6) is 8.28. The lowest BCUT2D eigenvalue weighted by Gasteiger charge is -2.19. The van der Waals surface area contributed by atoms with Crippen molar-refractivity contribution in [3.63, 3.8) is 0 Å². The molecule has 5 heteroatoms. The fourth-order valence-corrected chi connectivity index (χ4v) is 5.58. The molecule has 0 aromatic rings. The Labute approximate surface area is 222 Å². The van der Waals surface area contributed by atoms with Gasteiger partial charge < -0.3 is 10.3 Å². The fraction of sp³-hybridized carbons (Fsp3) is 0.516. The van der Waals surface area contributed by atoms with Crippen molar-refractivity contribution in [2.24, 2.45) is 16.8 Å². The first-order chi connectivity index (χ1) is 17.4. The van der Waals surface area contributed by atoms with E-state index in [0.717, 1.165) is 50.0 Å². The SMILES string of the molecule is CCC#CCC(C)C(C)C/C=C1\CC2=C(C=CCC(C(=O)C(=N)CCSC3C=CCN=CC3)=C2)N1C. The molecule has 0 amide bonds. The summed E-state index contributed by atoms with van der Waals surface area (Å²) in [6.45, 7) is 7.44. The Hall–Kier alpha value is -2.58. The smallest absolute Gasteiger partial charge is 0.202 e. The highest BCUT2D eigenvalue weighted by Crippen LogP contribution is 2.35. The Kier molecular flexibility index (Phi) is 11.1. The third kappa shape index (κ3) is 7.96. The predicted octanol–water partition coefficient (Wildman–Crippen LogP) is 6.92. The summed E-state index contributed by atoms with van der Waals surface area (Å²) in [5, 5.41) is 8.82. The molecule has 4 nitrogen and oxygen atoms in total. The minimum Gasteiger partial charge on any atom is -0.348 e. The van der Waals surface area contributed by atoms with Gasteiger partial charge in [0.15, 0.2) is 0 Å². The highest BCUT2D eigenvalue weighted by molar-refractivity contribution is 8.00. The molecule has 3 atom stereocenters. The van der Waals surface area contributed by atoms with Crippen molar-refractivity contribution >= 4 is 29.5 Å². The molecule has 0 bridgehead atoms. The van der Waals surface area contributed by atoms with Crippen molar-refractivity contribution in [3.05, 3.63) is 59.0 Å². The number of carbonyl (C=O) groups excluding carboxylic acids is 1. The Morgan fingerprint density at radius 2 is 2.14 bits per heavy atom. The van der Waals surface area contributed by atoms with Crippen molar-refractivity contribution in [1.29, 1.82) is 5.41 Å². The standard InChI is InChI=1S/C31H41N3OS/c1-5-6-7-10-23(2)24(3)14-15-27-22-26-21-25(11-8-13-30(26)34(27)4)31(35)29(32)17-20-36-28-12-9-18-33-19-16-28/h8-9,12-13,15,19,21,23-24,28,32H,5,10-11,14,16-18,20,22H2,1-4H3/b27-15+,32-29?. The van der Waals surface area contributed by atoms with Gasteiger partial charge in [-0.05, 0) is 54.6 Å². The van der Waals surface area contributed by atoms with Gasteiger partial charge in [-0.25, -0.2) is 0 Å². The number of hydrogen-bond acceptors (Lipinski definition) is 5. The number of likely N-dealkylation sites (N-methyl/N-ethyl adjacent to an activating group) is 1. The number of hydrogen-bond donors (Lipinski definition) is 1. The fourth-order valence-electron chi connectivity index (χ4n) is 4.51. The summed E-state index contributed by atoms with van der Waals surface area (Å²) < 4.78 is 0. The van der Waals surface area contributed by atoms with Crippen LogP contribution in [0.3, 0.4) is 0 Å². The number of Topliss-reactive ketones (excluding diaryl/α,β-unsaturated/α-hetero) is 1. The quantitative estimate of drug-likeness (QED) is 0.200. The minimum absolute atomic E-state index is 0.109. The molecule has 0 saturated heterocycles. The van der Waals surface area contributed by atoms with Crippen LogP contribution in [-0.2, 0) is 4.79 Å². The lowest BCUT2D eigenvalue weighted by Crippen LogP contribution is -2.17. The van der Waals surface area contributed by atoms with Gasteiger partial charge in [0.25, 0.3) is 0 Å². The average Bonchev–Trinajstić information content (AvgIpc) is 3.10. The van der Waals surface area contributed by atoms with Gasteiger partial charge in [-0.1, -0.05) is 45.1 Å². The first-order valence-corrected chi connectivity index (χ1v) is 14.3. The van der Waals surface area contributed by atoms with E-state index in [9.17, 15) is 4.79 Å². The zero-order chi connectivity index (χ0) is 25.9. The molecular weight excluding hydrogens is 462 g/mol. The van der Waals surface area contributed by atoms with Gasteiger partial charge in [0.05, 0.1) is 12.3 Å². The normalized spacial score (nSPS) is 21.9. The molecule has 0 saturated carbocycles. The first-order valence-electron chi connectivity index (χ1n) is 13.3. The van der Waals surface area contributed by atoms with E-state index >= 15 is 0 Å². The largest absolute Gasteiger partial charge is 0.348 e. The average molecular weight is 504 g/mol. The number of nitrogens with zero attached hydrogens (tertiary/aromatic N) is 2. The molecule has 3 unspecified atom stereocenters. The Bertz CT molecular complexity index is 1060. The van der Waals surface area contributed by atoms with Crippen LogP contribution in [0.15, 0.2) is 64.0 Å². The zero-order valence-corrected chi connectivity index (χ0v) is 23.2. The van der Waals surface area contributed by atoms with Gasteiger partial charge in [-0.2, -0.15) is 11.8 Å². The zero-order valence-electron chi connectivity index (χ0n) is 22.3. The molecule has 3 rings (SSSR count). The molecule has 0 spiro atoms. The summed E-state index contributed by atoms with van der Waals surface area (Å²) in [6.07, 6.45) is 20.6. The predicted molar refractivity (Wildman–Crippen MR) is 156 cm³/mol. The van der Waals surface area contributed by atoms with Gasteiger partial charge >= 0.3 is 0 Å². The van der Waals surface area contributed by atoms with Crippen molar-refractivity contribution in [2.75, 3.05) is 19.3 Å². The number of allylic oxidation sites excluding steroid dienone is 6. The Morgan fingerprint density at radius 1 is 1.31 bits per heavy atom. The van der Waals surface area contributed by atoms with E-state index in [4.69, 9.17) is 5.41 Å². The van der Waals surface area contributed by atoms with Crippen LogP contribution in [0, 0.1) is 29.1 Å². The van der Waals surface area contributed by atoms with Gasteiger partial charge in [0.2, 0.25) is 5.78 Å². The van der Waals surface area contributed by atoms with Crippen molar-refractivity contribution in [1.82, 2.24) is 4.90 Å². The summed E-state index contributed by atoms with van der Waals surface area (Å²) in [5.41, 5.74) is 4.59. The van der Waals surface area contributed by atoms with Crippen molar-refractivity contribution < 1.29 is 4.79 Å². The topological polar surface area (TPSA) is 56.5 Å². The maximum atomic E-state index is 13.1. The second-order valence-electron chi connectivity index (χ2n) is 9.90. The highest BCUT2D eigenvalue weighted by atomic mass is 32.2. The summed E-state index contributed by atoms with van der Waals surface area (Å²) >= 11 is 1.80. The van der Waals surface area contributed by atoms with E-state index in [-0.39, 0.29) is 11.5 Å². The second kappa shape index (κ2) is 14.2. The van der Waals surface area contributed by atoms with Gasteiger partial charge in [0, 0.05) is 61.2 Å². The third-order valence-corrected chi connectivity index (χ3v) is 8.37. The monoisotopic (exact) mass is 503 g/mol. The van der Waals surface area contributed by atoms with E-state index in [1.807, 2.05) is 12.3 Å². The van der Waals surface area contributed by atoms with E-state index < -0.39 is 0 Å². The molecule has 2 heterocycles. The molecule has 0 aromatic heterocycles. The third-order valence-electron chi connectivity index (χ3n) is 7.16. The first kappa shape index (κ1) is 28.0. The van der Waals surface area contributed by atoms with Crippen LogP contribution in [0.4, 0.5) is 0 Å². The lowest BCUT2D eigenvalue weighted by molar-refractivity contribution is -0.110. The van der Waals surface area contributed by atoms with Gasteiger partial charge in [-0.3, -0.25) is 9.79 Å². The number of carbonyl (C=O) groups is 1. The van der Waals surface area contributed by atoms with E-state index in [1.165, 1.54) is 17.0 Å².